The molecule has 0 atom stereocenters. The number of hydrogen-bond donors (Lipinski definition) is 0. The molecule has 0 aliphatic heterocycles. The third-order valence-corrected chi connectivity index (χ3v) is 2.72. The molecule has 0 N–H and O–H groups in total. The van der Waals surface area contributed by atoms with Gasteiger partial charge in [0.1, 0.15) is 6.42 Å². The lowest BCUT2D eigenvalue weighted by molar-refractivity contribution is -0.117. The Morgan fingerprint density at radius 1 is 1.24 bits per heavy atom. The van der Waals surface area contributed by atoms with Crippen LogP contribution in [0.5, 0.6) is 0 Å². The van der Waals surface area contributed by atoms with Gasteiger partial charge in [0.15, 0.2) is 0 Å². The Morgan fingerprint density at radius 2 is 1.94 bits per heavy atom. The van der Waals surface area contributed by atoms with Crippen LogP contribution in [0.25, 0.3) is 10.8 Å². The average molecular weight is 224 g/mol. The lowest BCUT2D eigenvalue weighted by Crippen LogP contribution is -2.25. The molecule has 0 aliphatic rings. The third-order valence-electron chi connectivity index (χ3n) is 2.72. The fourth-order valence-corrected chi connectivity index (χ4v) is 1.72. The first kappa shape index (κ1) is 11.2. The van der Waals surface area contributed by atoms with E-state index >= 15 is 0 Å². The maximum absolute atomic E-state index is 11.6. The zero-order valence-electron chi connectivity index (χ0n) is 9.55. The standard InChI is InChI=1S/C14H12N2O/c1-16(14(17)8-9-15)13-7-6-11-4-2-3-5-12(11)10-13/h2-7,10H,8H2,1H3. The van der Waals surface area contributed by atoms with E-state index in [0.717, 1.165) is 16.5 Å². The minimum absolute atomic E-state index is 0.0939. The van der Waals surface area contributed by atoms with E-state index in [-0.39, 0.29) is 12.3 Å². The molecule has 0 saturated heterocycles. The second kappa shape index (κ2) is 4.67. The molecule has 0 spiro atoms. The van der Waals surface area contributed by atoms with Gasteiger partial charge in [-0.1, -0.05) is 30.3 Å². The Kier molecular flexibility index (Phi) is 3.06. The highest BCUT2D eigenvalue weighted by Crippen LogP contribution is 2.21. The molecule has 0 radical (unpaired) electrons. The number of nitriles is 1. The summed E-state index contributed by atoms with van der Waals surface area (Å²) in [6.07, 6.45) is -0.0939. The molecule has 0 aliphatic carbocycles. The summed E-state index contributed by atoms with van der Waals surface area (Å²) in [7, 11) is 1.68. The van der Waals surface area contributed by atoms with Crippen LogP contribution >= 0.6 is 0 Å². The number of fused-ring (bicyclic) bond motifs is 1. The zero-order valence-corrected chi connectivity index (χ0v) is 9.55. The van der Waals surface area contributed by atoms with Crippen LogP contribution in [0.4, 0.5) is 5.69 Å². The number of carbonyl (C=O) groups is 1. The Bertz CT molecular complexity index is 598. The quantitative estimate of drug-likeness (QED) is 0.787. The Balaban J connectivity index is 2.36. The molecule has 3 nitrogen and oxygen atoms in total. The number of benzene rings is 2. The fraction of sp³-hybridized carbons (Fsp3) is 0.143. The number of rotatable bonds is 2. The predicted octanol–water partition coefficient (Wildman–Crippen LogP) is 2.72. The van der Waals surface area contributed by atoms with Gasteiger partial charge in [0.2, 0.25) is 5.91 Å². The Hall–Kier alpha value is -2.34. The van der Waals surface area contributed by atoms with Crippen molar-refractivity contribution in [3.63, 3.8) is 0 Å². The van der Waals surface area contributed by atoms with E-state index in [0.29, 0.717) is 0 Å². The lowest BCUT2D eigenvalue weighted by Gasteiger charge is -2.16. The molecule has 3 heteroatoms. The normalized spacial score (nSPS) is 9.88. The molecule has 84 valence electrons. The van der Waals surface area contributed by atoms with E-state index < -0.39 is 0 Å². The highest BCUT2D eigenvalue weighted by molar-refractivity contribution is 5.96. The summed E-state index contributed by atoms with van der Waals surface area (Å²) >= 11 is 0. The summed E-state index contributed by atoms with van der Waals surface area (Å²) in [5, 5.41) is 10.7. The highest BCUT2D eigenvalue weighted by Gasteiger charge is 2.10. The molecule has 2 aromatic rings. The van der Waals surface area contributed by atoms with Crippen molar-refractivity contribution in [2.75, 3.05) is 11.9 Å². The molecule has 0 aromatic heterocycles. The second-order valence-electron chi connectivity index (χ2n) is 3.82. The largest absolute Gasteiger partial charge is 0.315 e. The Morgan fingerprint density at radius 3 is 2.65 bits per heavy atom. The number of hydrogen-bond acceptors (Lipinski definition) is 2. The smallest absolute Gasteiger partial charge is 0.240 e. The summed E-state index contributed by atoms with van der Waals surface area (Å²) in [6, 6.07) is 15.6. The topological polar surface area (TPSA) is 44.1 Å². The molecule has 0 unspecified atom stereocenters. The van der Waals surface area contributed by atoms with Gasteiger partial charge >= 0.3 is 0 Å². The Labute approximate surface area is 99.9 Å². The van der Waals surface area contributed by atoms with Gasteiger partial charge < -0.3 is 4.90 Å². The summed E-state index contributed by atoms with van der Waals surface area (Å²) in [6.45, 7) is 0. The van der Waals surface area contributed by atoms with E-state index in [2.05, 4.69) is 0 Å². The van der Waals surface area contributed by atoms with Crippen LogP contribution in [0.3, 0.4) is 0 Å². The SMILES string of the molecule is CN(C(=O)CC#N)c1ccc2ccccc2c1. The van der Waals surface area contributed by atoms with Crippen LogP contribution in [0.2, 0.25) is 0 Å². The number of amides is 1. The van der Waals surface area contributed by atoms with E-state index in [9.17, 15) is 4.79 Å². The third kappa shape index (κ3) is 2.26. The molecule has 0 heterocycles. The predicted molar refractivity (Wildman–Crippen MR) is 67.6 cm³/mol. The first-order valence-corrected chi connectivity index (χ1v) is 5.34. The molecule has 2 aromatic carbocycles. The summed E-state index contributed by atoms with van der Waals surface area (Å²) in [5.41, 5.74) is 0.809. The van der Waals surface area contributed by atoms with E-state index in [1.165, 1.54) is 4.90 Å². The van der Waals surface area contributed by atoms with Crippen LogP contribution in [0.15, 0.2) is 42.5 Å². The van der Waals surface area contributed by atoms with E-state index in [1.54, 1.807) is 7.05 Å². The monoisotopic (exact) mass is 224 g/mol. The molecular weight excluding hydrogens is 212 g/mol. The van der Waals surface area contributed by atoms with Crippen molar-refractivity contribution in [1.29, 1.82) is 5.26 Å². The summed E-state index contributed by atoms with van der Waals surface area (Å²) < 4.78 is 0. The first-order valence-electron chi connectivity index (χ1n) is 5.34. The van der Waals surface area contributed by atoms with Crippen molar-refractivity contribution in [2.24, 2.45) is 0 Å². The summed E-state index contributed by atoms with van der Waals surface area (Å²) in [5.74, 6) is -0.192. The van der Waals surface area contributed by atoms with Crippen molar-refractivity contribution < 1.29 is 4.79 Å². The van der Waals surface area contributed by atoms with Crippen LogP contribution in [0.1, 0.15) is 6.42 Å². The maximum Gasteiger partial charge on any atom is 0.240 e. The van der Waals surface area contributed by atoms with Gasteiger partial charge in [-0.3, -0.25) is 4.79 Å². The molecule has 0 saturated carbocycles. The molecule has 0 fully saturated rings. The minimum Gasteiger partial charge on any atom is -0.315 e. The second-order valence-corrected chi connectivity index (χ2v) is 3.82. The van der Waals surface area contributed by atoms with Gasteiger partial charge in [0.25, 0.3) is 0 Å². The van der Waals surface area contributed by atoms with Crippen molar-refractivity contribution in [2.45, 2.75) is 6.42 Å². The van der Waals surface area contributed by atoms with E-state index in [4.69, 9.17) is 5.26 Å². The van der Waals surface area contributed by atoms with Crippen LogP contribution in [-0.4, -0.2) is 13.0 Å². The highest BCUT2D eigenvalue weighted by atomic mass is 16.2. The van der Waals surface area contributed by atoms with Crippen LogP contribution < -0.4 is 4.90 Å². The van der Waals surface area contributed by atoms with Crippen molar-refractivity contribution in [3.8, 4) is 6.07 Å². The molecule has 1 amide bonds. The molecule has 0 bridgehead atoms. The average Bonchev–Trinajstić information content (AvgIpc) is 2.37. The molecule has 17 heavy (non-hydrogen) atoms. The van der Waals surface area contributed by atoms with Crippen LogP contribution in [0, 0.1) is 11.3 Å². The van der Waals surface area contributed by atoms with Gasteiger partial charge in [-0.25, -0.2) is 0 Å². The molecule has 2 rings (SSSR count). The van der Waals surface area contributed by atoms with Gasteiger partial charge in [-0.15, -0.1) is 0 Å². The van der Waals surface area contributed by atoms with E-state index in [1.807, 2.05) is 48.5 Å². The van der Waals surface area contributed by atoms with Crippen molar-refractivity contribution in [1.82, 2.24) is 0 Å². The van der Waals surface area contributed by atoms with Crippen molar-refractivity contribution >= 4 is 22.4 Å². The van der Waals surface area contributed by atoms with Gasteiger partial charge in [0, 0.05) is 12.7 Å². The minimum atomic E-state index is -0.192. The number of anilines is 1. The lowest BCUT2D eigenvalue weighted by atomic mass is 10.1. The fourth-order valence-electron chi connectivity index (χ4n) is 1.72. The van der Waals surface area contributed by atoms with Gasteiger partial charge in [-0.05, 0) is 22.9 Å². The number of carbonyl (C=O) groups excluding carboxylic acids is 1. The zero-order chi connectivity index (χ0) is 12.3. The van der Waals surface area contributed by atoms with Crippen molar-refractivity contribution in [3.05, 3.63) is 42.5 Å². The van der Waals surface area contributed by atoms with Gasteiger partial charge in [0.05, 0.1) is 6.07 Å². The summed E-state index contributed by atoms with van der Waals surface area (Å²) in [4.78, 5) is 13.1. The van der Waals surface area contributed by atoms with Gasteiger partial charge in [-0.2, -0.15) is 5.26 Å². The maximum atomic E-state index is 11.6. The number of nitrogens with zero attached hydrogens (tertiary/aromatic N) is 2. The molecular formula is C14H12N2O. The first-order chi connectivity index (χ1) is 8.22. The van der Waals surface area contributed by atoms with Crippen LogP contribution in [-0.2, 0) is 4.79 Å².